The zero-order valence-electron chi connectivity index (χ0n) is 10.4. The predicted octanol–water partition coefficient (Wildman–Crippen LogP) is 2.91. The Labute approximate surface area is 110 Å². The van der Waals surface area contributed by atoms with Gasteiger partial charge in [0.15, 0.2) is 0 Å². The van der Waals surface area contributed by atoms with Crippen molar-refractivity contribution in [3.63, 3.8) is 0 Å². The molecule has 2 N–H and O–H groups in total. The molecule has 6 heteroatoms. The maximum Gasteiger partial charge on any atom is 0.337 e. The zero-order valence-corrected chi connectivity index (χ0v) is 11.2. The van der Waals surface area contributed by atoms with Crippen molar-refractivity contribution in [3.05, 3.63) is 28.8 Å². The Morgan fingerprint density at radius 2 is 2.00 bits per heavy atom. The fraction of sp³-hybridized carbons (Fsp3) is 0.333. The van der Waals surface area contributed by atoms with Gasteiger partial charge in [0.1, 0.15) is 0 Å². The number of nitrogens with zero attached hydrogens (tertiary/aromatic N) is 1. The molecule has 1 aromatic rings. The summed E-state index contributed by atoms with van der Waals surface area (Å²) in [6.45, 7) is 3.71. The van der Waals surface area contributed by atoms with Crippen LogP contribution in [0.2, 0.25) is 5.02 Å². The van der Waals surface area contributed by atoms with Crippen molar-refractivity contribution in [2.45, 2.75) is 19.9 Å². The minimum atomic E-state index is -1.12. The van der Waals surface area contributed by atoms with Gasteiger partial charge in [0, 0.05) is 18.1 Å². The lowest BCUT2D eigenvalue weighted by Crippen LogP contribution is -2.36. The number of aromatic carboxylic acids is 1. The van der Waals surface area contributed by atoms with Gasteiger partial charge in [-0.1, -0.05) is 11.6 Å². The summed E-state index contributed by atoms with van der Waals surface area (Å²) in [6, 6.07) is 3.87. The average Bonchev–Trinajstić information content (AvgIpc) is 2.27. The van der Waals surface area contributed by atoms with Gasteiger partial charge in [0.2, 0.25) is 0 Å². The Bertz CT molecular complexity index is 474. The summed E-state index contributed by atoms with van der Waals surface area (Å²) in [4.78, 5) is 24.3. The summed E-state index contributed by atoms with van der Waals surface area (Å²) in [5.41, 5.74) is 0.192. The smallest absolute Gasteiger partial charge is 0.337 e. The molecule has 0 saturated carbocycles. The normalized spacial score (nSPS) is 10.3. The molecule has 18 heavy (non-hydrogen) atoms. The Morgan fingerprint density at radius 1 is 1.39 bits per heavy atom. The molecule has 0 aliphatic carbocycles. The highest BCUT2D eigenvalue weighted by Crippen LogP contribution is 2.21. The standard InChI is InChI=1S/C12H15ClN2O3/c1-7(2)15(3)12(18)14-10-6-8(13)4-5-9(10)11(16)17/h4-7H,1-3H3,(H,14,18)(H,16,17). The highest BCUT2D eigenvalue weighted by Gasteiger charge is 2.16. The number of urea groups is 1. The van der Waals surface area contributed by atoms with Crippen molar-refractivity contribution < 1.29 is 14.7 Å². The van der Waals surface area contributed by atoms with Crippen molar-refractivity contribution in [2.24, 2.45) is 0 Å². The largest absolute Gasteiger partial charge is 0.478 e. The number of benzene rings is 1. The van der Waals surface area contributed by atoms with Crippen molar-refractivity contribution in [3.8, 4) is 0 Å². The van der Waals surface area contributed by atoms with Gasteiger partial charge in [-0.05, 0) is 32.0 Å². The van der Waals surface area contributed by atoms with Crippen molar-refractivity contribution in [2.75, 3.05) is 12.4 Å². The highest BCUT2D eigenvalue weighted by atomic mass is 35.5. The molecule has 0 aliphatic rings. The number of halogens is 1. The number of carbonyl (C=O) groups excluding carboxylic acids is 1. The van der Waals surface area contributed by atoms with E-state index < -0.39 is 5.97 Å². The number of amides is 2. The minimum Gasteiger partial charge on any atom is -0.478 e. The Hall–Kier alpha value is -1.75. The van der Waals surface area contributed by atoms with Gasteiger partial charge in [0.05, 0.1) is 11.3 Å². The second-order valence-electron chi connectivity index (χ2n) is 4.13. The van der Waals surface area contributed by atoms with Gasteiger partial charge in [-0.3, -0.25) is 0 Å². The fourth-order valence-corrected chi connectivity index (χ4v) is 1.42. The van der Waals surface area contributed by atoms with Crippen molar-refractivity contribution >= 4 is 29.3 Å². The monoisotopic (exact) mass is 270 g/mol. The number of anilines is 1. The van der Waals surface area contributed by atoms with Crippen LogP contribution < -0.4 is 5.32 Å². The maximum absolute atomic E-state index is 11.8. The van der Waals surface area contributed by atoms with Crippen LogP contribution in [-0.4, -0.2) is 35.1 Å². The molecule has 0 bridgehead atoms. The first kappa shape index (κ1) is 14.3. The van der Waals surface area contributed by atoms with Crippen molar-refractivity contribution in [1.29, 1.82) is 0 Å². The summed E-state index contributed by atoms with van der Waals surface area (Å²) < 4.78 is 0. The SMILES string of the molecule is CC(C)N(C)C(=O)Nc1cc(Cl)ccc1C(=O)O. The molecule has 1 aromatic carbocycles. The van der Waals surface area contributed by atoms with E-state index in [0.717, 1.165) is 0 Å². The van der Waals surface area contributed by atoms with Crippen LogP contribution in [0.1, 0.15) is 24.2 Å². The van der Waals surface area contributed by atoms with Crippen LogP contribution in [0.4, 0.5) is 10.5 Å². The third kappa shape index (κ3) is 3.37. The third-order valence-corrected chi connectivity index (χ3v) is 2.78. The number of rotatable bonds is 3. The van der Waals surface area contributed by atoms with Crippen LogP contribution in [0, 0.1) is 0 Å². The first-order chi connectivity index (χ1) is 8.32. The molecule has 0 spiro atoms. The summed E-state index contributed by atoms with van der Waals surface area (Å²) in [5, 5.41) is 11.9. The van der Waals surface area contributed by atoms with E-state index in [4.69, 9.17) is 16.7 Å². The van der Waals surface area contributed by atoms with E-state index in [9.17, 15) is 9.59 Å². The summed E-state index contributed by atoms with van der Waals surface area (Å²) in [7, 11) is 1.63. The van der Waals surface area contributed by atoms with Gasteiger partial charge in [-0.15, -0.1) is 0 Å². The van der Waals surface area contributed by atoms with Crippen LogP contribution in [0.25, 0.3) is 0 Å². The van der Waals surface area contributed by atoms with Crippen LogP contribution in [0.3, 0.4) is 0 Å². The molecular formula is C12H15ClN2O3. The Morgan fingerprint density at radius 3 is 2.50 bits per heavy atom. The highest BCUT2D eigenvalue weighted by molar-refractivity contribution is 6.31. The van der Waals surface area contributed by atoms with E-state index >= 15 is 0 Å². The first-order valence-corrected chi connectivity index (χ1v) is 5.77. The topological polar surface area (TPSA) is 69.6 Å². The Kier molecular flexibility index (Phi) is 4.55. The van der Waals surface area contributed by atoms with Gasteiger partial charge in [-0.2, -0.15) is 0 Å². The Balaban J connectivity index is 2.99. The molecular weight excluding hydrogens is 256 g/mol. The van der Waals surface area contributed by atoms with Crippen molar-refractivity contribution in [1.82, 2.24) is 4.90 Å². The summed E-state index contributed by atoms with van der Waals surface area (Å²) >= 11 is 5.79. The lowest BCUT2D eigenvalue weighted by molar-refractivity contribution is 0.0698. The fourth-order valence-electron chi connectivity index (χ4n) is 1.24. The van der Waals surface area contributed by atoms with Gasteiger partial charge in [0.25, 0.3) is 0 Å². The molecule has 98 valence electrons. The summed E-state index contributed by atoms with van der Waals surface area (Å²) in [6.07, 6.45) is 0. The van der Waals surface area contributed by atoms with Gasteiger partial charge < -0.3 is 15.3 Å². The number of nitrogens with one attached hydrogen (secondary N) is 1. The number of hydrogen-bond donors (Lipinski definition) is 2. The second-order valence-corrected chi connectivity index (χ2v) is 4.57. The van der Waals surface area contributed by atoms with E-state index in [2.05, 4.69) is 5.32 Å². The summed E-state index contributed by atoms with van der Waals surface area (Å²) in [5.74, 6) is -1.12. The zero-order chi connectivity index (χ0) is 13.9. The molecule has 0 saturated heterocycles. The van der Waals surface area contributed by atoms with E-state index in [0.29, 0.717) is 5.02 Å². The lowest BCUT2D eigenvalue weighted by Gasteiger charge is -2.22. The maximum atomic E-state index is 11.8. The molecule has 0 fully saturated rings. The number of carboxylic acids is 1. The lowest BCUT2D eigenvalue weighted by atomic mass is 10.2. The molecule has 1 rings (SSSR count). The van der Waals surface area contributed by atoms with Crippen LogP contribution in [-0.2, 0) is 0 Å². The quantitative estimate of drug-likeness (QED) is 0.887. The number of carbonyl (C=O) groups is 2. The number of carboxylic acid groups (broad SMARTS) is 1. The third-order valence-electron chi connectivity index (χ3n) is 2.55. The second kappa shape index (κ2) is 5.73. The van der Waals surface area contributed by atoms with Gasteiger partial charge >= 0.3 is 12.0 Å². The molecule has 5 nitrogen and oxygen atoms in total. The number of hydrogen-bond acceptors (Lipinski definition) is 2. The van der Waals surface area contributed by atoms with E-state index in [1.165, 1.54) is 23.1 Å². The average molecular weight is 271 g/mol. The minimum absolute atomic E-state index is 0.00454. The molecule has 2 amide bonds. The van der Waals surface area contributed by atoms with E-state index in [-0.39, 0.29) is 23.3 Å². The van der Waals surface area contributed by atoms with Gasteiger partial charge in [-0.25, -0.2) is 9.59 Å². The molecule has 0 atom stereocenters. The van der Waals surface area contributed by atoms with Crippen LogP contribution in [0.15, 0.2) is 18.2 Å². The predicted molar refractivity (Wildman–Crippen MR) is 70.3 cm³/mol. The molecule has 0 aliphatic heterocycles. The molecule has 0 aromatic heterocycles. The molecule has 0 radical (unpaired) electrons. The van der Waals surface area contributed by atoms with E-state index in [1.807, 2.05) is 13.8 Å². The first-order valence-electron chi connectivity index (χ1n) is 5.39. The molecule has 0 unspecified atom stereocenters. The van der Waals surface area contributed by atoms with Crippen LogP contribution in [0.5, 0.6) is 0 Å². The van der Waals surface area contributed by atoms with E-state index in [1.54, 1.807) is 7.05 Å². The molecule has 0 heterocycles. The van der Waals surface area contributed by atoms with Crippen LogP contribution >= 0.6 is 11.6 Å².